The highest BCUT2D eigenvalue weighted by atomic mass is 79.9. The Kier molecular flexibility index (Phi) is 3.92. The van der Waals surface area contributed by atoms with E-state index >= 15 is 0 Å². The van der Waals surface area contributed by atoms with Gasteiger partial charge in [0.1, 0.15) is 5.82 Å². The molecule has 0 bridgehead atoms. The highest BCUT2D eigenvalue weighted by molar-refractivity contribution is 9.10. The second-order valence-electron chi connectivity index (χ2n) is 5.88. The van der Waals surface area contributed by atoms with Crippen molar-refractivity contribution in [3.8, 4) is 0 Å². The third-order valence-electron chi connectivity index (χ3n) is 4.09. The smallest absolute Gasteiger partial charge is 0.137 e. The van der Waals surface area contributed by atoms with Gasteiger partial charge < -0.3 is 10.1 Å². The van der Waals surface area contributed by atoms with Crippen molar-refractivity contribution in [2.24, 2.45) is 5.41 Å². The molecule has 1 unspecified atom stereocenters. The van der Waals surface area contributed by atoms with Crippen LogP contribution in [0.4, 0.5) is 4.39 Å². The van der Waals surface area contributed by atoms with Crippen molar-refractivity contribution < 1.29 is 9.13 Å². The largest absolute Gasteiger partial charge is 0.381 e. The van der Waals surface area contributed by atoms with Crippen LogP contribution in [0.3, 0.4) is 0 Å². The minimum atomic E-state index is -0.198. The number of hydrogen-bond donors (Lipinski definition) is 1. The lowest BCUT2D eigenvalue weighted by molar-refractivity contribution is 0.149. The number of benzene rings is 1. The fraction of sp³-hybridized carbons (Fsp3) is 0.600. The van der Waals surface area contributed by atoms with Gasteiger partial charge in [0.2, 0.25) is 0 Å². The summed E-state index contributed by atoms with van der Waals surface area (Å²) in [5, 5.41) is 3.62. The number of rotatable bonds is 5. The van der Waals surface area contributed by atoms with Crippen LogP contribution in [0.25, 0.3) is 0 Å². The minimum Gasteiger partial charge on any atom is -0.381 e. The molecule has 0 amide bonds. The van der Waals surface area contributed by atoms with Crippen molar-refractivity contribution in [1.82, 2.24) is 5.32 Å². The maximum atomic E-state index is 13.3. The third-order valence-corrected chi connectivity index (χ3v) is 4.70. The Morgan fingerprint density at radius 3 is 2.89 bits per heavy atom. The monoisotopic (exact) mass is 327 g/mol. The van der Waals surface area contributed by atoms with Crippen molar-refractivity contribution in [2.45, 2.75) is 31.7 Å². The van der Waals surface area contributed by atoms with E-state index in [9.17, 15) is 4.39 Å². The van der Waals surface area contributed by atoms with Crippen molar-refractivity contribution >= 4 is 15.9 Å². The highest BCUT2D eigenvalue weighted by Gasteiger charge is 2.36. The molecule has 1 saturated heterocycles. The summed E-state index contributed by atoms with van der Waals surface area (Å²) in [7, 11) is 0. The normalized spacial score (nSPS) is 26.8. The van der Waals surface area contributed by atoms with Gasteiger partial charge in [-0.1, -0.05) is 6.07 Å². The van der Waals surface area contributed by atoms with Gasteiger partial charge >= 0.3 is 0 Å². The maximum absolute atomic E-state index is 13.3. The van der Waals surface area contributed by atoms with E-state index in [-0.39, 0.29) is 11.2 Å². The Hall–Kier alpha value is -0.450. The highest BCUT2D eigenvalue weighted by Crippen LogP contribution is 2.34. The molecule has 1 saturated carbocycles. The molecule has 0 radical (unpaired) electrons. The molecule has 1 aromatic rings. The molecule has 3 rings (SSSR count). The van der Waals surface area contributed by atoms with Gasteiger partial charge in [0, 0.05) is 24.6 Å². The number of nitrogens with one attached hydrogen (secondary N) is 1. The second kappa shape index (κ2) is 5.51. The van der Waals surface area contributed by atoms with Crippen LogP contribution in [-0.4, -0.2) is 25.8 Å². The zero-order valence-corrected chi connectivity index (χ0v) is 12.5. The molecule has 1 atom stereocenters. The Bertz CT molecular complexity index is 455. The van der Waals surface area contributed by atoms with E-state index in [1.54, 1.807) is 0 Å². The quantitative estimate of drug-likeness (QED) is 0.896. The van der Waals surface area contributed by atoms with Gasteiger partial charge in [-0.25, -0.2) is 4.39 Å². The summed E-state index contributed by atoms with van der Waals surface area (Å²) in [5.74, 6) is -0.198. The molecular formula is C15H19BrFNO. The molecule has 2 nitrogen and oxygen atoms in total. The van der Waals surface area contributed by atoms with Crippen LogP contribution in [0, 0.1) is 11.2 Å². The van der Waals surface area contributed by atoms with E-state index in [0.29, 0.717) is 4.47 Å². The first kappa shape index (κ1) is 13.5. The first-order chi connectivity index (χ1) is 9.17. The number of hydrogen-bond acceptors (Lipinski definition) is 2. The topological polar surface area (TPSA) is 21.3 Å². The van der Waals surface area contributed by atoms with Gasteiger partial charge in [0.25, 0.3) is 0 Å². The Morgan fingerprint density at radius 2 is 2.26 bits per heavy atom. The van der Waals surface area contributed by atoms with Crippen molar-refractivity contribution in [3.05, 3.63) is 34.1 Å². The summed E-state index contributed by atoms with van der Waals surface area (Å²) in [6.45, 7) is 2.66. The van der Waals surface area contributed by atoms with Crippen LogP contribution in [0.15, 0.2) is 22.7 Å². The Morgan fingerprint density at radius 1 is 1.42 bits per heavy atom. The Labute approximate surface area is 121 Å². The summed E-state index contributed by atoms with van der Waals surface area (Å²) < 4.78 is 19.4. The second-order valence-corrected chi connectivity index (χ2v) is 6.74. The van der Waals surface area contributed by atoms with Crippen LogP contribution in [0.5, 0.6) is 0 Å². The average molecular weight is 328 g/mol. The molecule has 2 fully saturated rings. The molecule has 104 valence electrons. The van der Waals surface area contributed by atoms with Crippen LogP contribution < -0.4 is 5.32 Å². The zero-order valence-electron chi connectivity index (χ0n) is 10.9. The zero-order chi connectivity index (χ0) is 13.3. The molecule has 1 N–H and O–H groups in total. The Balaban J connectivity index is 1.70. The van der Waals surface area contributed by atoms with E-state index in [1.165, 1.54) is 24.5 Å². The molecule has 1 aromatic carbocycles. The molecular weight excluding hydrogens is 309 g/mol. The van der Waals surface area contributed by atoms with Crippen LogP contribution >= 0.6 is 15.9 Å². The molecule has 1 heterocycles. The molecule has 1 aliphatic carbocycles. The number of ether oxygens (including phenoxy) is 1. The maximum Gasteiger partial charge on any atom is 0.137 e. The van der Waals surface area contributed by atoms with Gasteiger partial charge in [0.15, 0.2) is 0 Å². The first-order valence-electron chi connectivity index (χ1n) is 6.92. The van der Waals surface area contributed by atoms with Gasteiger partial charge in [-0.05, 0) is 59.3 Å². The summed E-state index contributed by atoms with van der Waals surface area (Å²) >= 11 is 3.26. The van der Waals surface area contributed by atoms with Gasteiger partial charge in [0.05, 0.1) is 11.1 Å². The van der Waals surface area contributed by atoms with E-state index in [1.807, 2.05) is 12.1 Å². The van der Waals surface area contributed by atoms with E-state index in [4.69, 9.17) is 4.74 Å². The minimum absolute atomic E-state index is 0.180. The van der Waals surface area contributed by atoms with Gasteiger partial charge in [-0.15, -0.1) is 0 Å². The summed E-state index contributed by atoms with van der Waals surface area (Å²) in [5.41, 5.74) is 1.36. The van der Waals surface area contributed by atoms with Crippen LogP contribution in [0.1, 0.15) is 24.8 Å². The fourth-order valence-corrected chi connectivity index (χ4v) is 3.15. The molecule has 19 heavy (non-hydrogen) atoms. The van der Waals surface area contributed by atoms with E-state index in [0.717, 1.165) is 38.6 Å². The lowest BCUT2D eigenvalue weighted by Gasteiger charge is -2.28. The van der Waals surface area contributed by atoms with Crippen LogP contribution in [-0.2, 0) is 11.2 Å². The lowest BCUT2D eigenvalue weighted by atomic mass is 9.81. The fourth-order valence-electron chi connectivity index (χ4n) is 2.72. The van der Waals surface area contributed by atoms with E-state index in [2.05, 4.69) is 21.2 Å². The third kappa shape index (κ3) is 3.36. The summed E-state index contributed by atoms with van der Waals surface area (Å²) in [6, 6.07) is 6.04. The SMILES string of the molecule is Fc1ccc(CC2(CNC3CC3)CCOC2)cc1Br. The molecule has 4 heteroatoms. The average Bonchev–Trinajstić information content (AvgIpc) is 3.12. The predicted molar refractivity (Wildman–Crippen MR) is 76.7 cm³/mol. The van der Waals surface area contributed by atoms with E-state index < -0.39 is 0 Å². The first-order valence-corrected chi connectivity index (χ1v) is 7.71. The van der Waals surface area contributed by atoms with Crippen molar-refractivity contribution in [2.75, 3.05) is 19.8 Å². The molecule has 2 aliphatic rings. The summed E-state index contributed by atoms with van der Waals surface area (Å²) in [6.07, 6.45) is 4.64. The summed E-state index contributed by atoms with van der Waals surface area (Å²) in [4.78, 5) is 0. The molecule has 1 aliphatic heterocycles. The van der Waals surface area contributed by atoms with Crippen molar-refractivity contribution in [3.63, 3.8) is 0 Å². The van der Waals surface area contributed by atoms with Crippen molar-refractivity contribution in [1.29, 1.82) is 0 Å². The molecule has 0 spiro atoms. The lowest BCUT2D eigenvalue weighted by Crippen LogP contribution is -2.37. The van der Waals surface area contributed by atoms with Crippen LogP contribution in [0.2, 0.25) is 0 Å². The molecule has 0 aromatic heterocycles. The van der Waals surface area contributed by atoms with Gasteiger partial charge in [-0.3, -0.25) is 0 Å². The number of halogens is 2. The predicted octanol–water partition coefficient (Wildman–Crippen LogP) is 3.29. The standard InChI is InChI=1S/C15H19BrFNO/c16-13-7-11(1-4-14(13)17)8-15(5-6-19-10-15)9-18-12-2-3-12/h1,4,7,12,18H,2-3,5-6,8-10H2. The van der Waals surface area contributed by atoms with Gasteiger partial charge in [-0.2, -0.15) is 0 Å².